The van der Waals surface area contributed by atoms with E-state index in [1.165, 1.54) is 24.1 Å². The van der Waals surface area contributed by atoms with Crippen LogP contribution in [0.3, 0.4) is 0 Å². The van der Waals surface area contributed by atoms with E-state index in [-0.39, 0.29) is 23.4 Å². The highest BCUT2D eigenvalue weighted by Gasteiger charge is 2.25. The van der Waals surface area contributed by atoms with Crippen molar-refractivity contribution in [3.63, 3.8) is 0 Å². The molecule has 0 spiro atoms. The topological polar surface area (TPSA) is 118 Å². The van der Waals surface area contributed by atoms with Crippen LogP contribution in [0.25, 0.3) is 0 Å². The molecular formula is C12H16N4O5. The second-order valence-electron chi connectivity index (χ2n) is 4.67. The van der Waals surface area contributed by atoms with Gasteiger partial charge in [0.15, 0.2) is 0 Å². The molecule has 9 nitrogen and oxygen atoms in total. The molecule has 2 heterocycles. The highest BCUT2D eigenvalue weighted by atomic mass is 16.6. The number of nitrogens with one attached hydrogen (secondary N) is 1. The molecule has 0 aromatic carbocycles. The molecule has 1 fully saturated rings. The van der Waals surface area contributed by atoms with Crippen molar-refractivity contribution in [2.24, 2.45) is 0 Å². The number of hydrogen-bond acceptors (Lipinski definition) is 6. The average Bonchev–Trinajstić information content (AvgIpc) is 2.47. The summed E-state index contributed by atoms with van der Waals surface area (Å²) in [4.78, 5) is 26.7. The summed E-state index contributed by atoms with van der Waals surface area (Å²) < 4.78 is 4.97. The van der Waals surface area contributed by atoms with Crippen molar-refractivity contribution in [1.29, 1.82) is 0 Å². The summed E-state index contributed by atoms with van der Waals surface area (Å²) in [6.45, 7) is 0.787. The highest BCUT2D eigenvalue weighted by molar-refractivity contribution is 5.65. The number of anilines is 1. The van der Waals surface area contributed by atoms with Crippen LogP contribution in [0.4, 0.5) is 16.3 Å². The Hall–Kier alpha value is -2.58. The van der Waals surface area contributed by atoms with E-state index >= 15 is 0 Å². The second kappa shape index (κ2) is 6.25. The first-order valence-electron chi connectivity index (χ1n) is 6.45. The van der Waals surface area contributed by atoms with Gasteiger partial charge in [0.05, 0.1) is 12.0 Å². The third kappa shape index (κ3) is 3.50. The van der Waals surface area contributed by atoms with Crippen LogP contribution >= 0.6 is 0 Å². The number of nitrogens with zero attached hydrogens (tertiary/aromatic N) is 3. The number of amides is 1. The van der Waals surface area contributed by atoms with Crippen molar-refractivity contribution in [2.75, 3.05) is 25.5 Å². The van der Waals surface area contributed by atoms with E-state index in [1.807, 2.05) is 0 Å². The summed E-state index contributed by atoms with van der Waals surface area (Å²) in [6, 6.07) is 2.70. The van der Waals surface area contributed by atoms with Crippen LogP contribution < -0.4 is 10.1 Å². The van der Waals surface area contributed by atoms with Gasteiger partial charge in [-0.1, -0.05) is 0 Å². The van der Waals surface area contributed by atoms with Gasteiger partial charge in [0.25, 0.3) is 0 Å². The van der Waals surface area contributed by atoms with Crippen LogP contribution in [0.2, 0.25) is 0 Å². The minimum Gasteiger partial charge on any atom is -0.481 e. The Morgan fingerprint density at radius 1 is 1.52 bits per heavy atom. The SMILES string of the molecule is COc1ccc([N+](=O)[O-])c(NC2CCN(C(=O)O)CC2)n1. The normalized spacial score (nSPS) is 15.6. The Morgan fingerprint density at radius 2 is 2.19 bits per heavy atom. The van der Waals surface area contributed by atoms with Crippen LogP contribution in [0.1, 0.15) is 12.8 Å². The van der Waals surface area contributed by atoms with Crippen LogP contribution in [0, 0.1) is 10.1 Å². The zero-order valence-corrected chi connectivity index (χ0v) is 11.5. The number of methoxy groups -OCH3 is 1. The maximum atomic E-state index is 11.0. The van der Waals surface area contributed by atoms with Crippen LogP contribution in [0.5, 0.6) is 5.88 Å². The lowest BCUT2D eigenvalue weighted by atomic mass is 10.1. The number of hydrogen-bond donors (Lipinski definition) is 2. The Bertz CT molecular complexity index is 542. The van der Waals surface area contributed by atoms with Gasteiger partial charge in [0.1, 0.15) is 0 Å². The Balaban J connectivity index is 2.09. The van der Waals surface area contributed by atoms with Gasteiger partial charge in [-0.15, -0.1) is 0 Å². The lowest BCUT2D eigenvalue weighted by Crippen LogP contribution is -2.41. The van der Waals surface area contributed by atoms with Gasteiger partial charge >= 0.3 is 11.8 Å². The molecule has 0 saturated carbocycles. The summed E-state index contributed by atoms with van der Waals surface area (Å²) in [5.74, 6) is 0.430. The predicted molar refractivity (Wildman–Crippen MR) is 73.7 cm³/mol. The average molecular weight is 296 g/mol. The van der Waals surface area contributed by atoms with E-state index in [9.17, 15) is 14.9 Å². The van der Waals surface area contributed by atoms with Gasteiger partial charge in [0.2, 0.25) is 11.7 Å². The molecule has 0 radical (unpaired) electrons. The third-order valence-corrected chi connectivity index (χ3v) is 3.36. The standard InChI is InChI=1S/C12H16N4O5/c1-21-10-3-2-9(16(19)20)11(14-10)13-8-4-6-15(7-5-8)12(17)18/h2-3,8H,4-7H2,1H3,(H,13,14)(H,17,18). The Kier molecular flexibility index (Phi) is 4.41. The van der Waals surface area contributed by atoms with Crippen molar-refractivity contribution < 1.29 is 19.6 Å². The van der Waals surface area contributed by atoms with E-state index in [0.717, 1.165) is 0 Å². The molecule has 2 N–H and O–H groups in total. The number of ether oxygens (including phenoxy) is 1. The molecule has 0 unspecified atom stereocenters. The molecule has 0 atom stereocenters. The number of likely N-dealkylation sites (tertiary alicyclic amines) is 1. The van der Waals surface area contributed by atoms with Crippen molar-refractivity contribution in [1.82, 2.24) is 9.88 Å². The Morgan fingerprint density at radius 3 is 2.71 bits per heavy atom. The molecule has 9 heteroatoms. The van der Waals surface area contributed by atoms with Gasteiger partial charge in [-0.2, -0.15) is 4.98 Å². The van der Waals surface area contributed by atoms with Gasteiger partial charge in [0, 0.05) is 31.3 Å². The number of rotatable bonds is 4. The molecule has 1 saturated heterocycles. The van der Waals surface area contributed by atoms with E-state index in [1.54, 1.807) is 0 Å². The minimum absolute atomic E-state index is 0.0566. The van der Waals surface area contributed by atoms with Crippen LogP contribution in [-0.2, 0) is 0 Å². The largest absolute Gasteiger partial charge is 0.481 e. The van der Waals surface area contributed by atoms with E-state index in [0.29, 0.717) is 25.9 Å². The first kappa shape index (κ1) is 14.8. The summed E-state index contributed by atoms with van der Waals surface area (Å²) in [5.41, 5.74) is -0.128. The lowest BCUT2D eigenvalue weighted by Gasteiger charge is -2.30. The number of pyridine rings is 1. The van der Waals surface area contributed by atoms with Gasteiger partial charge in [-0.25, -0.2) is 4.79 Å². The molecule has 1 amide bonds. The maximum absolute atomic E-state index is 11.0. The molecule has 1 aromatic rings. The minimum atomic E-state index is -0.945. The molecule has 114 valence electrons. The van der Waals surface area contributed by atoms with Crippen molar-refractivity contribution in [3.8, 4) is 5.88 Å². The molecule has 21 heavy (non-hydrogen) atoms. The maximum Gasteiger partial charge on any atom is 0.407 e. The first-order valence-corrected chi connectivity index (χ1v) is 6.45. The van der Waals surface area contributed by atoms with Gasteiger partial charge in [-0.3, -0.25) is 10.1 Å². The summed E-state index contributed by atoms with van der Waals surface area (Å²) >= 11 is 0. The Labute approximate surface area is 120 Å². The van der Waals surface area contributed by atoms with E-state index < -0.39 is 11.0 Å². The van der Waals surface area contributed by atoms with E-state index in [2.05, 4.69) is 10.3 Å². The fourth-order valence-corrected chi connectivity index (χ4v) is 2.21. The van der Waals surface area contributed by atoms with Crippen molar-refractivity contribution >= 4 is 17.6 Å². The zero-order valence-electron chi connectivity index (χ0n) is 11.5. The third-order valence-electron chi connectivity index (χ3n) is 3.36. The van der Waals surface area contributed by atoms with Gasteiger partial charge < -0.3 is 20.1 Å². The second-order valence-corrected chi connectivity index (χ2v) is 4.67. The predicted octanol–water partition coefficient (Wildman–Crippen LogP) is 1.55. The zero-order chi connectivity index (χ0) is 15.4. The van der Waals surface area contributed by atoms with Crippen LogP contribution in [0.15, 0.2) is 12.1 Å². The molecule has 2 rings (SSSR count). The molecular weight excluding hydrogens is 280 g/mol. The van der Waals surface area contributed by atoms with Crippen molar-refractivity contribution in [2.45, 2.75) is 18.9 Å². The fourth-order valence-electron chi connectivity index (χ4n) is 2.21. The van der Waals surface area contributed by atoms with Gasteiger partial charge in [-0.05, 0) is 12.8 Å². The van der Waals surface area contributed by atoms with Crippen molar-refractivity contribution in [3.05, 3.63) is 22.2 Å². The quantitative estimate of drug-likeness (QED) is 0.639. The summed E-state index contributed by atoms with van der Waals surface area (Å²) in [5, 5.41) is 22.9. The van der Waals surface area contributed by atoms with Crippen LogP contribution in [-0.4, -0.2) is 52.2 Å². The molecule has 1 aliphatic heterocycles. The lowest BCUT2D eigenvalue weighted by molar-refractivity contribution is -0.384. The van der Waals surface area contributed by atoms with E-state index in [4.69, 9.17) is 9.84 Å². The highest BCUT2D eigenvalue weighted by Crippen LogP contribution is 2.27. The number of carboxylic acid groups (broad SMARTS) is 1. The molecule has 1 aromatic heterocycles. The molecule has 0 bridgehead atoms. The number of carbonyl (C=O) groups is 1. The monoisotopic (exact) mass is 296 g/mol. The fraction of sp³-hybridized carbons (Fsp3) is 0.500. The smallest absolute Gasteiger partial charge is 0.407 e. The first-order chi connectivity index (χ1) is 10.0. The molecule has 0 aliphatic carbocycles. The molecule has 1 aliphatic rings. The number of nitro groups is 1. The summed E-state index contributed by atoms with van der Waals surface area (Å²) in [7, 11) is 1.43. The number of aromatic nitrogens is 1. The summed E-state index contributed by atoms with van der Waals surface area (Å²) in [6.07, 6.45) is 0.198. The number of piperidine rings is 1.